The molecule has 3 heterocycles. The second kappa shape index (κ2) is 4.97. The first-order chi connectivity index (χ1) is 10.4. The number of rotatable bonds is 3. The first kappa shape index (κ1) is 12.0. The molecule has 104 valence electrons. The Morgan fingerprint density at radius 1 is 1.14 bits per heavy atom. The Balaban J connectivity index is 1.67. The molecule has 1 N–H and O–H groups in total. The molecule has 0 aromatic carbocycles. The molecule has 0 saturated heterocycles. The van der Waals surface area contributed by atoms with E-state index < -0.39 is 0 Å². The van der Waals surface area contributed by atoms with E-state index in [-0.39, 0.29) is 6.04 Å². The molecule has 1 atom stereocenters. The lowest BCUT2D eigenvalue weighted by Gasteiger charge is -2.16. The van der Waals surface area contributed by atoms with E-state index in [1.165, 1.54) is 11.9 Å². The predicted octanol–water partition coefficient (Wildman–Crippen LogP) is 2.16. The van der Waals surface area contributed by atoms with Crippen LogP contribution in [0.15, 0.2) is 49.3 Å². The average molecular weight is 278 g/mol. The molecule has 0 saturated carbocycles. The largest absolute Gasteiger partial charge is 0.374 e. The third-order valence-corrected chi connectivity index (χ3v) is 3.71. The van der Waals surface area contributed by atoms with Crippen molar-refractivity contribution >= 4 is 5.69 Å². The standard InChI is InChI=1S/C15H14N6/c1-3-11-5-6-12(14(11)17-7-1)20-13-4-2-8-18-15(13)21-10-16-9-19-21/h1-4,7-10,12,20H,5-6H2. The van der Waals surface area contributed by atoms with Crippen LogP contribution < -0.4 is 5.32 Å². The second-order valence-corrected chi connectivity index (χ2v) is 5.00. The van der Waals surface area contributed by atoms with E-state index in [9.17, 15) is 0 Å². The summed E-state index contributed by atoms with van der Waals surface area (Å²) in [5.41, 5.74) is 3.39. The maximum absolute atomic E-state index is 4.51. The molecule has 0 spiro atoms. The van der Waals surface area contributed by atoms with E-state index in [0.29, 0.717) is 0 Å². The number of anilines is 1. The fraction of sp³-hybridized carbons (Fsp3) is 0.200. The van der Waals surface area contributed by atoms with Crippen LogP contribution in [-0.2, 0) is 6.42 Å². The summed E-state index contributed by atoms with van der Waals surface area (Å²) >= 11 is 0. The van der Waals surface area contributed by atoms with Crippen LogP contribution in [0.25, 0.3) is 5.82 Å². The number of aromatic nitrogens is 5. The highest BCUT2D eigenvalue weighted by atomic mass is 15.3. The van der Waals surface area contributed by atoms with Gasteiger partial charge in [0.25, 0.3) is 0 Å². The van der Waals surface area contributed by atoms with E-state index >= 15 is 0 Å². The minimum absolute atomic E-state index is 0.215. The lowest BCUT2D eigenvalue weighted by Crippen LogP contribution is -2.12. The molecule has 6 nitrogen and oxygen atoms in total. The van der Waals surface area contributed by atoms with Crippen molar-refractivity contribution in [1.82, 2.24) is 24.7 Å². The molecular weight excluding hydrogens is 264 g/mol. The highest BCUT2D eigenvalue weighted by Crippen LogP contribution is 2.33. The molecule has 1 aliphatic carbocycles. The van der Waals surface area contributed by atoms with Crippen LogP contribution in [0.5, 0.6) is 0 Å². The molecular formula is C15H14N6. The third-order valence-electron chi connectivity index (χ3n) is 3.71. The Labute approximate surface area is 121 Å². The first-order valence-electron chi connectivity index (χ1n) is 6.92. The summed E-state index contributed by atoms with van der Waals surface area (Å²) in [4.78, 5) is 12.9. The fourth-order valence-corrected chi connectivity index (χ4v) is 2.75. The van der Waals surface area contributed by atoms with Gasteiger partial charge in [-0.1, -0.05) is 6.07 Å². The SMILES string of the molecule is c1cnc2c(c1)CCC2Nc1cccnc1-n1cncn1. The summed E-state index contributed by atoms with van der Waals surface area (Å²) in [5, 5.41) is 7.69. The van der Waals surface area contributed by atoms with Gasteiger partial charge in [0.05, 0.1) is 17.4 Å². The van der Waals surface area contributed by atoms with E-state index in [0.717, 1.165) is 30.0 Å². The predicted molar refractivity (Wildman–Crippen MR) is 78.1 cm³/mol. The van der Waals surface area contributed by atoms with Gasteiger partial charge >= 0.3 is 0 Å². The summed E-state index contributed by atoms with van der Waals surface area (Å²) in [6, 6.07) is 8.27. The monoisotopic (exact) mass is 278 g/mol. The van der Waals surface area contributed by atoms with Crippen LogP contribution in [0.3, 0.4) is 0 Å². The molecule has 21 heavy (non-hydrogen) atoms. The van der Waals surface area contributed by atoms with Crippen molar-refractivity contribution in [3.8, 4) is 5.82 Å². The van der Waals surface area contributed by atoms with E-state index in [1.54, 1.807) is 17.2 Å². The summed E-state index contributed by atoms with van der Waals surface area (Å²) < 4.78 is 1.66. The molecule has 0 bridgehead atoms. The van der Waals surface area contributed by atoms with Gasteiger partial charge in [0, 0.05) is 12.4 Å². The van der Waals surface area contributed by atoms with Crippen LogP contribution in [0.1, 0.15) is 23.7 Å². The molecule has 3 aromatic rings. The normalized spacial score (nSPS) is 16.7. The zero-order chi connectivity index (χ0) is 14.1. The minimum atomic E-state index is 0.215. The van der Waals surface area contributed by atoms with Crippen molar-refractivity contribution < 1.29 is 0 Å². The number of fused-ring (bicyclic) bond motifs is 1. The van der Waals surface area contributed by atoms with Crippen molar-refractivity contribution in [3.05, 3.63) is 60.6 Å². The molecule has 4 rings (SSSR count). The van der Waals surface area contributed by atoms with Crippen molar-refractivity contribution in [3.63, 3.8) is 0 Å². The Kier molecular flexibility index (Phi) is 2.85. The van der Waals surface area contributed by atoms with Gasteiger partial charge in [0.1, 0.15) is 12.7 Å². The van der Waals surface area contributed by atoms with Gasteiger partial charge in [0.2, 0.25) is 0 Å². The second-order valence-electron chi connectivity index (χ2n) is 5.00. The zero-order valence-electron chi connectivity index (χ0n) is 11.3. The molecule has 3 aromatic heterocycles. The summed E-state index contributed by atoms with van der Waals surface area (Å²) in [7, 11) is 0. The molecule has 0 aliphatic heterocycles. The molecule has 1 aliphatic rings. The Hall–Kier alpha value is -2.76. The van der Waals surface area contributed by atoms with Crippen LogP contribution >= 0.6 is 0 Å². The molecule has 0 fully saturated rings. The average Bonchev–Trinajstić information content (AvgIpc) is 3.18. The lowest BCUT2D eigenvalue weighted by molar-refractivity contribution is 0.740. The highest BCUT2D eigenvalue weighted by Gasteiger charge is 2.24. The van der Waals surface area contributed by atoms with Crippen molar-refractivity contribution in [2.75, 3.05) is 5.32 Å². The van der Waals surface area contributed by atoms with Gasteiger partial charge in [-0.3, -0.25) is 4.98 Å². The van der Waals surface area contributed by atoms with Gasteiger partial charge in [-0.2, -0.15) is 5.10 Å². The number of hydrogen-bond acceptors (Lipinski definition) is 5. The number of nitrogens with one attached hydrogen (secondary N) is 1. The number of aryl methyl sites for hydroxylation is 1. The summed E-state index contributed by atoms with van der Waals surface area (Å²) in [6.45, 7) is 0. The quantitative estimate of drug-likeness (QED) is 0.795. The van der Waals surface area contributed by atoms with Gasteiger partial charge in [-0.15, -0.1) is 0 Å². The highest BCUT2D eigenvalue weighted by molar-refractivity contribution is 5.57. The van der Waals surface area contributed by atoms with Crippen LogP contribution in [0.2, 0.25) is 0 Å². The van der Waals surface area contributed by atoms with Gasteiger partial charge in [-0.25, -0.2) is 14.6 Å². The van der Waals surface area contributed by atoms with Crippen molar-refractivity contribution in [2.45, 2.75) is 18.9 Å². The lowest BCUT2D eigenvalue weighted by atomic mass is 10.2. The van der Waals surface area contributed by atoms with Crippen LogP contribution in [0.4, 0.5) is 5.69 Å². The van der Waals surface area contributed by atoms with E-state index in [2.05, 4.69) is 31.4 Å². The maximum Gasteiger partial charge on any atom is 0.178 e. The number of hydrogen-bond donors (Lipinski definition) is 1. The van der Waals surface area contributed by atoms with Crippen LogP contribution in [-0.4, -0.2) is 24.7 Å². The maximum atomic E-state index is 4.51. The first-order valence-corrected chi connectivity index (χ1v) is 6.92. The molecule has 0 amide bonds. The Morgan fingerprint density at radius 3 is 2.95 bits per heavy atom. The molecule has 6 heteroatoms. The van der Waals surface area contributed by atoms with Crippen LogP contribution in [0, 0.1) is 0 Å². The van der Waals surface area contributed by atoms with Gasteiger partial charge in [0.15, 0.2) is 5.82 Å². The minimum Gasteiger partial charge on any atom is -0.374 e. The molecule has 1 unspecified atom stereocenters. The van der Waals surface area contributed by atoms with E-state index in [4.69, 9.17) is 0 Å². The smallest absolute Gasteiger partial charge is 0.178 e. The third kappa shape index (κ3) is 2.14. The van der Waals surface area contributed by atoms with Crippen molar-refractivity contribution in [2.24, 2.45) is 0 Å². The van der Waals surface area contributed by atoms with E-state index in [1.807, 2.05) is 24.4 Å². The zero-order valence-corrected chi connectivity index (χ0v) is 11.3. The van der Waals surface area contributed by atoms with Crippen molar-refractivity contribution in [1.29, 1.82) is 0 Å². The van der Waals surface area contributed by atoms with Gasteiger partial charge in [-0.05, 0) is 36.6 Å². The topological polar surface area (TPSA) is 68.5 Å². The Bertz CT molecular complexity index is 752. The molecule has 0 radical (unpaired) electrons. The number of nitrogens with zero attached hydrogens (tertiary/aromatic N) is 5. The fourth-order valence-electron chi connectivity index (χ4n) is 2.75. The Morgan fingerprint density at radius 2 is 2.05 bits per heavy atom. The number of pyridine rings is 2. The van der Waals surface area contributed by atoms with Gasteiger partial charge < -0.3 is 5.32 Å². The summed E-state index contributed by atoms with van der Waals surface area (Å²) in [5.74, 6) is 0.749. The summed E-state index contributed by atoms with van der Waals surface area (Å²) in [6.07, 6.45) is 8.85.